The first-order chi connectivity index (χ1) is 20.7. The number of rotatable bonds is 11. The van der Waals surface area contributed by atoms with Crippen LogP contribution in [0.2, 0.25) is 0 Å². The molecule has 11 nitrogen and oxygen atoms in total. The van der Waals surface area contributed by atoms with Gasteiger partial charge in [0.25, 0.3) is 5.91 Å². The van der Waals surface area contributed by atoms with Crippen LogP contribution in [0.3, 0.4) is 0 Å². The first-order valence-electron chi connectivity index (χ1n) is 15.8. The molecule has 1 aromatic rings. The van der Waals surface area contributed by atoms with E-state index in [4.69, 9.17) is 9.47 Å². The van der Waals surface area contributed by atoms with Crippen LogP contribution in [0.1, 0.15) is 81.1 Å². The van der Waals surface area contributed by atoms with Gasteiger partial charge in [0.05, 0.1) is 12.7 Å². The first kappa shape index (κ1) is 30.8. The minimum absolute atomic E-state index is 0.0611. The van der Waals surface area contributed by atoms with Gasteiger partial charge in [-0.2, -0.15) is 0 Å². The lowest BCUT2D eigenvalue weighted by atomic mass is 9.50. The number of nitrogens with zero attached hydrogens (tertiary/aromatic N) is 1. The minimum Gasteiger partial charge on any atom is -0.461 e. The van der Waals surface area contributed by atoms with Crippen LogP contribution in [-0.2, 0) is 25.5 Å². The molecule has 4 fully saturated rings. The third-order valence-electron chi connectivity index (χ3n) is 9.08. The lowest BCUT2D eigenvalue weighted by molar-refractivity contribution is -0.149. The Kier molecular flexibility index (Phi) is 9.87. The van der Waals surface area contributed by atoms with Crippen molar-refractivity contribution < 1.29 is 28.7 Å². The molecule has 4 bridgehead atoms. The predicted octanol–water partition coefficient (Wildman–Crippen LogP) is 3.08. The van der Waals surface area contributed by atoms with Crippen molar-refractivity contribution in [3.63, 3.8) is 0 Å². The van der Waals surface area contributed by atoms with Gasteiger partial charge in [0.2, 0.25) is 5.91 Å². The highest BCUT2D eigenvalue weighted by molar-refractivity contribution is 5.97. The Bertz CT molecular complexity index is 1180. The maximum Gasteiger partial charge on any atom is 0.407 e. The Hall–Kier alpha value is -3.63. The molecule has 11 heteroatoms. The minimum atomic E-state index is -1.09. The smallest absolute Gasteiger partial charge is 0.407 e. The van der Waals surface area contributed by atoms with E-state index in [2.05, 4.69) is 26.3 Å². The molecule has 1 atom stereocenters. The van der Waals surface area contributed by atoms with Crippen molar-refractivity contribution in [1.82, 2.24) is 21.3 Å². The zero-order chi connectivity index (χ0) is 30.4. The number of benzene rings is 1. The Morgan fingerprint density at radius 2 is 1.70 bits per heavy atom. The van der Waals surface area contributed by atoms with E-state index in [1.54, 1.807) is 38.1 Å². The van der Waals surface area contributed by atoms with Crippen molar-refractivity contribution in [2.24, 2.45) is 28.2 Å². The van der Waals surface area contributed by atoms with E-state index in [1.807, 2.05) is 0 Å². The van der Waals surface area contributed by atoms with Crippen LogP contribution < -0.4 is 21.3 Å². The summed E-state index contributed by atoms with van der Waals surface area (Å²) in [5.74, 6) is 1.60. The van der Waals surface area contributed by atoms with E-state index >= 15 is 0 Å². The molecule has 4 aliphatic carbocycles. The average Bonchev–Trinajstić information content (AvgIpc) is 2.97. The summed E-state index contributed by atoms with van der Waals surface area (Å²) in [5.41, 5.74) is 1.37. The van der Waals surface area contributed by atoms with Gasteiger partial charge in [-0.3, -0.25) is 19.9 Å². The predicted molar refractivity (Wildman–Crippen MR) is 160 cm³/mol. The Morgan fingerprint density at radius 1 is 1.02 bits per heavy atom. The number of carbonyl (C=O) groups excluding carboxylic acids is 4. The first-order valence-corrected chi connectivity index (χ1v) is 15.8. The maximum atomic E-state index is 12.9. The second-order valence-electron chi connectivity index (χ2n) is 13.1. The number of esters is 1. The zero-order valence-corrected chi connectivity index (χ0v) is 25.3. The SMILES string of the molecule is CC(C)OC(=O)C(CNC(=O)c1ccc(CCC(=O)NC2=NCCCN2)cc1)NC(=O)OCC12CC3CC(CC(C3)C1)C2. The van der Waals surface area contributed by atoms with Crippen LogP contribution in [0.5, 0.6) is 0 Å². The van der Waals surface area contributed by atoms with E-state index in [0.717, 1.165) is 55.5 Å². The van der Waals surface area contributed by atoms with Crippen molar-refractivity contribution in [3.05, 3.63) is 35.4 Å². The summed E-state index contributed by atoms with van der Waals surface area (Å²) >= 11 is 0. The third-order valence-corrected chi connectivity index (χ3v) is 9.08. The second-order valence-corrected chi connectivity index (χ2v) is 13.1. The quantitative estimate of drug-likeness (QED) is 0.288. The Labute approximate surface area is 253 Å². The summed E-state index contributed by atoms with van der Waals surface area (Å²) < 4.78 is 11.0. The van der Waals surface area contributed by atoms with Crippen molar-refractivity contribution in [2.45, 2.75) is 83.8 Å². The van der Waals surface area contributed by atoms with Crippen molar-refractivity contribution >= 4 is 29.8 Å². The van der Waals surface area contributed by atoms with E-state index in [9.17, 15) is 19.2 Å². The molecule has 6 rings (SSSR count). The number of aryl methyl sites for hydroxylation is 1. The zero-order valence-electron chi connectivity index (χ0n) is 25.3. The van der Waals surface area contributed by atoms with Crippen LogP contribution >= 0.6 is 0 Å². The van der Waals surface area contributed by atoms with E-state index in [1.165, 1.54) is 19.3 Å². The number of ether oxygens (including phenoxy) is 2. The summed E-state index contributed by atoms with van der Waals surface area (Å²) in [4.78, 5) is 54.9. The highest BCUT2D eigenvalue weighted by atomic mass is 16.6. The van der Waals surface area contributed by atoms with Gasteiger partial charge in [-0.15, -0.1) is 0 Å². The molecule has 0 saturated heterocycles. The average molecular weight is 596 g/mol. The van der Waals surface area contributed by atoms with Gasteiger partial charge in [-0.05, 0) is 101 Å². The van der Waals surface area contributed by atoms with Gasteiger partial charge in [0, 0.05) is 37.0 Å². The van der Waals surface area contributed by atoms with Crippen LogP contribution in [0, 0.1) is 23.2 Å². The Balaban J connectivity index is 1.09. The van der Waals surface area contributed by atoms with Crippen LogP contribution in [-0.4, -0.2) is 68.2 Å². The summed E-state index contributed by atoms with van der Waals surface area (Å²) in [6.07, 6.45) is 7.96. The largest absolute Gasteiger partial charge is 0.461 e. The second kappa shape index (κ2) is 13.8. The van der Waals surface area contributed by atoms with E-state index < -0.39 is 24.0 Å². The fourth-order valence-electron chi connectivity index (χ4n) is 7.57. The summed E-state index contributed by atoms with van der Waals surface area (Å²) in [6.45, 7) is 5.17. The lowest BCUT2D eigenvalue weighted by Gasteiger charge is -2.56. The van der Waals surface area contributed by atoms with Crippen molar-refractivity contribution in [2.75, 3.05) is 26.2 Å². The van der Waals surface area contributed by atoms with Crippen molar-refractivity contribution in [3.8, 4) is 0 Å². The number of amides is 3. The van der Waals surface area contributed by atoms with Crippen molar-refractivity contribution in [1.29, 1.82) is 0 Å². The van der Waals surface area contributed by atoms with Gasteiger partial charge in [-0.25, -0.2) is 9.59 Å². The number of aliphatic imine (C=N–C) groups is 1. The number of guanidine groups is 1. The number of hydrogen-bond donors (Lipinski definition) is 4. The molecule has 4 saturated carbocycles. The van der Waals surface area contributed by atoms with Gasteiger partial charge in [-0.1, -0.05) is 12.1 Å². The third kappa shape index (κ3) is 8.48. The molecular weight excluding hydrogens is 550 g/mol. The van der Waals surface area contributed by atoms with Gasteiger partial charge < -0.3 is 25.4 Å². The molecule has 234 valence electrons. The molecule has 43 heavy (non-hydrogen) atoms. The Morgan fingerprint density at radius 3 is 2.30 bits per heavy atom. The van der Waals surface area contributed by atoms with Gasteiger partial charge in [0.15, 0.2) is 5.96 Å². The standard InChI is InChI=1S/C32H45N5O6/c1-20(2)43-29(40)26(36-31(41)42-19-32-15-22-12-23(16-32)14-24(13-22)17-32)18-35-28(39)25-7-4-21(5-8-25)6-9-27(38)37-30-33-10-3-11-34-30/h4-5,7-8,20,22-24,26H,3,6,9-19H2,1-2H3,(H,35,39)(H,36,41)(H2,33,34,37,38). The monoisotopic (exact) mass is 595 g/mol. The van der Waals surface area contributed by atoms with Gasteiger partial charge in [0.1, 0.15) is 6.04 Å². The summed E-state index contributed by atoms with van der Waals surface area (Å²) in [5, 5.41) is 11.2. The summed E-state index contributed by atoms with van der Waals surface area (Å²) in [7, 11) is 0. The highest BCUT2D eigenvalue weighted by Gasteiger charge is 2.51. The molecule has 0 spiro atoms. The molecule has 0 aromatic heterocycles. The van der Waals surface area contributed by atoms with E-state index in [0.29, 0.717) is 31.1 Å². The molecule has 5 aliphatic rings. The maximum absolute atomic E-state index is 12.9. The molecule has 1 heterocycles. The number of nitrogens with one attached hydrogen (secondary N) is 4. The summed E-state index contributed by atoms with van der Waals surface area (Å²) in [6, 6.07) is 5.84. The number of carbonyl (C=O) groups is 4. The molecule has 0 radical (unpaired) electrons. The van der Waals surface area contributed by atoms with Gasteiger partial charge >= 0.3 is 12.1 Å². The molecule has 1 aromatic carbocycles. The topological polar surface area (TPSA) is 147 Å². The lowest BCUT2D eigenvalue weighted by Crippen LogP contribution is -2.51. The fourth-order valence-corrected chi connectivity index (χ4v) is 7.57. The number of hydrogen-bond acceptors (Lipinski definition) is 8. The van der Waals surface area contributed by atoms with E-state index in [-0.39, 0.29) is 30.4 Å². The normalized spacial score (nSPS) is 26.1. The van der Waals surface area contributed by atoms with Crippen LogP contribution in [0.4, 0.5) is 4.79 Å². The fraction of sp³-hybridized carbons (Fsp3) is 0.656. The molecule has 3 amide bonds. The molecule has 4 N–H and O–H groups in total. The molecule has 1 unspecified atom stereocenters. The van der Waals surface area contributed by atoms with Crippen LogP contribution in [0.25, 0.3) is 0 Å². The highest BCUT2D eigenvalue weighted by Crippen LogP contribution is 2.60. The van der Waals surface area contributed by atoms with Crippen LogP contribution in [0.15, 0.2) is 29.3 Å². The molecule has 1 aliphatic heterocycles. The molecular formula is C32H45N5O6. The number of alkyl carbamates (subject to hydrolysis) is 1.